The number of methoxy groups -OCH3 is 1. The van der Waals surface area contributed by atoms with Crippen molar-refractivity contribution < 1.29 is 27.3 Å². The molecule has 1 fully saturated rings. The van der Waals surface area contributed by atoms with Crippen LogP contribution in [0.4, 0.5) is 0 Å². The van der Waals surface area contributed by atoms with Crippen LogP contribution in [0.1, 0.15) is 87.5 Å². The molecule has 1 aliphatic heterocycles. The van der Waals surface area contributed by atoms with Crippen LogP contribution in [0.3, 0.4) is 0 Å². The molecular formula is C38H64O6SSi2. The molecule has 0 radical (unpaired) electrons. The topological polar surface area (TPSA) is 63.2 Å². The molecule has 1 heterocycles. The van der Waals surface area contributed by atoms with Gasteiger partial charge in [0.2, 0.25) is 0 Å². The second-order valence-corrected chi connectivity index (χ2v) is 27.7. The van der Waals surface area contributed by atoms with E-state index in [2.05, 4.69) is 95.4 Å². The number of ether oxygens (including phenoxy) is 3. The molecule has 266 valence electrons. The van der Waals surface area contributed by atoms with E-state index in [4.69, 9.17) is 23.1 Å². The Bertz CT molecular complexity index is 1300. The van der Waals surface area contributed by atoms with Gasteiger partial charge in [0.15, 0.2) is 22.9 Å². The normalized spacial score (nSPS) is 24.7. The van der Waals surface area contributed by atoms with Crippen LogP contribution in [0.15, 0.2) is 59.5 Å². The summed E-state index contributed by atoms with van der Waals surface area (Å²) in [5, 5.41) is 0.0111. The summed E-state index contributed by atoms with van der Waals surface area (Å²) in [6, 6.07) is 17.6. The fraction of sp³-hybridized carbons (Fsp3) is 0.684. The van der Waals surface area contributed by atoms with Crippen LogP contribution < -0.4 is 4.74 Å². The summed E-state index contributed by atoms with van der Waals surface area (Å²) >= 11 is 0. The molecule has 47 heavy (non-hydrogen) atoms. The molecule has 0 aromatic heterocycles. The summed E-state index contributed by atoms with van der Waals surface area (Å²) in [4.78, 5) is 0.835. The average Bonchev–Trinajstić information content (AvgIpc) is 2.98. The maximum atomic E-state index is 13.6. The van der Waals surface area contributed by atoms with E-state index in [1.54, 1.807) is 7.11 Å². The Hall–Kier alpha value is -1.34. The smallest absolute Gasteiger partial charge is 0.193 e. The summed E-state index contributed by atoms with van der Waals surface area (Å²) in [5.41, 5.74) is 0.134. The second kappa shape index (κ2) is 15.3. The van der Waals surface area contributed by atoms with Crippen LogP contribution in [0.25, 0.3) is 0 Å². The van der Waals surface area contributed by atoms with Gasteiger partial charge in [0.05, 0.1) is 36.2 Å². The van der Waals surface area contributed by atoms with Gasteiger partial charge in [-0.1, -0.05) is 92.6 Å². The Labute approximate surface area is 291 Å². The first-order valence-corrected chi connectivity index (χ1v) is 24.5. The van der Waals surface area contributed by atoms with Gasteiger partial charge in [-0.3, -0.25) is 4.21 Å². The summed E-state index contributed by atoms with van der Waals surface area (Å²) in [6.07, 6.45) is -0.635. The van der Waals surface area contributed by atoms with Gasteiger partial charge >= 0.3 is 0 Å². The summed E-state index contributed by atoms with van der Waals surface area (Å²) in [6.45, 7) is 31.8. The lowest BCUT2D eigenvalue weighted by atomic mass is 9.78. The van der Waals surface area contributed by atoms with E-state index in [0.717, 1.165) is 22.6 Å². The van der Waals surface area contributed by atoms with E-state index in [-0.39, 0.29) is 40.2 Å². The van der Waals surface area contributed by atoms with Crippen LogP contribution in [0.2, 0.25) is 36.3 Å². The van der Waals surface area contributed by atoms with Crippen molar-refractivity contribution in [2.45, 2.75) is 147 Å². The molecule has 0 N–H and O–H groups in total. The zero-order valence-electron chi connectivity index (χ0n) is 31.9. The number of benzene rings is 2. The molecule has 8 atom stereocenters. The lowest BCUT2D eigenvalue weighted by Gasteiger charge is -2.56. The van der Waals surface area contributed by atoms with Crippen LogP contribution in [0, 0.1) is 11.8 Å². The van der Waals surface area contributed by atoms with Gasteiger partial charge < -0.3 is 23.1 Å². The minimum absolute atomic E-state index is 0.0169. The van der Waals surface area contributed by atoms with Crippen molar-refractivity contribution in [2.75, 3.05) is 12.9 Å². The van der Waals surface area contributed by atoms with Crippen LogP contribution in [0.5, 0.6) is 5.75 Å². The zero-order chi connectivity index (χ0) is 35.6. The highest BCUT2D eigenvalue weighted by Gasteiger charge is 2.57. The van der Waals surface area contributed by atoms with E-state index < -0.39 is 39.3 Å². The predicted octanol–water partition coefficient (Wildman–Crippen LogP) is 10.1. The lowest BCUT2D eigenvalue weighted by molar-refractivity contribution is -0.316. The third-order valence-electron chi connectivity index (χ3n) is 11.0. The van der Waals surface area contributed by atoms with Gasteiger partial charge in [0.25, 0.3) is 0 Å². The minimum Gasteiger partial charge on any atom is -0.497 e. The van der Waals surface area contributed by atoms with Crippen molar-refractivity contribution in [3.8, 4) is 5.75 Å². The van der Waals surface area contributed by atoms with Crippen LogP contribution in [-0.4, -0.2) is 57.6 Å². The molecule has 6 nitrogen and oxygen atoms in total. The SMILES string of the molecule is CC[C@@H](O[Si](C)(C)C(C)(C)C)[C@@](C)(O[Si](C)(C)C(C)(C)C)[C@@H]1OC(c2ccc(OC)cc2)O[C@@H]([C@H](C)CS(=O)c2ccccc2)[C@@H]1C. The Morgan fingerprint density at radius 1 is 0.851 bits per heavy atom. The first-order chi connectivity index (χ1) is 21.6. The molecule has 2 aromatic carbocycles. The van der Waals surface area contributed by atoms with Crippen LogP contribution >= 0.6 is 0 Å². The largest absolute Gasteiger partial charge is 0.497 e. The van der Waals surface area contributed by atoms with Gasteiger partial charge in [-0.25, -0.2) is 0 Å². The monoisotopic (exact) mass is 704 g/mol. The minimum atomic E-state index is -2.34. The molecular weight excluding hydrogens is 641 g/mol. The zero-order valence-corrected chi connectivity index (χ0v) is 34.7. The summed E-state index contributed by atoms with van der Waals surface area (Å²) < 4.78 is 47.9. The molecule has 0 bridgehead atoms. The van der Waals surface area contributed by atoms with Gasteiger partial charge in [-0.2, -0.15) is 0 Å². The Kier molecular flexibility index (Phi) is 13.0. The molecule has 1 aliphatic rings. The van der Waals surface area contributed by atoms with E-state index >= 15 is 0 Å². The predicted molar refractivity (Wildman–Crippen MR) is 201 cm³/mol. The van der Waals surface area contributed by atoms with E-state index in [1.807, 2.05) is 54.6 Å². The molecule has 0 amide bonds. The Balaban J connectivity index is 2.16. The third kappa shape index (κ3) is 9.27. The molecule has 9 heteroatoms. The number of rotatable bonds is 13. The molecule has 3 rings (SSSR count). The van der Waals surface area contributed by atoms with E-state index in [9.17, 15) is 4.21 Å². The Morgan fingerprint density at radius 2 is 1.40 bits per heavy atom. The molecule has 0 aliphatic carbocycles. The van der Waals surface area contributed by atoms with E-state index in [0.29, 0.717) is 5.75 Å². The molecule has 2 unspecified atom stereocenters. The summed E-state index contributed by atoms with van der Waals surface area (Å²) in [7, 11) is -4.03. The van der Waals surface area contributed by atoms with E-state index in [1.165, 1.54) is 0 Å². The highest BCUT2D eigenvalue weighted by Crippen LogP contribution is 2.49. The molecule has 0 saturated carbocycles. The van der Waals surface area contributed by atoms with Crippen molar-refractivity contribution in [3.63, 3.8) is 0 Å². The van der Waals surface area contributed by atoms with Gasteiger partial charge in [-0.05, 0) is 79.8 Å². The maximum Gasteiger partial charge on any atom is 0.193 e. The quantitative estimate of drug-likeness (QED) is 0.194. The second-order valence-electron chi connectivity index (χ2n) is 16.7. The van der Waals surface area contributed by atoms with Gasteiger partial charge in [0, 0.05) is 22.1 Å². The maximum absolute atomic E-state index is 13.6. The first kappa shape index (κ1) is 40.1. The first-order valence-electron chi connectivity index (χ1n) is 17.3. The van der Waals surface area contributed by atoms with Gasteiger partial charge in [0.1, 0.15) is 11.4 Å². The highest BCUT2D eigenvalue weighted by molar-refractivity contribution is 7.85. The fourth-order valence-corrected chi connectivity index (χ4v) is 10.5. The van der Waals surface area contributed by atoms with Crippen LogP contribution in [-0.2, 0) is 29.1 Å². The van der Waals surface area contributed by atoms with Crippen molar-refractivity contribution >= 4 is 27.4 Å². The molecule has 2 aromatic rings. The Morgan fingerprint density at radius 3 is 1.89 bits per heavy atom. The van der Waals surface area contributed by atoms with Crippen molar-refractivity contribution in [1.82, 2.24) is 0 Å². The summed E-state index contributed by atoms with van der Waals surface area (Å²) in [5.74, 6) is 1.17. The fourth-order valence-electron chi connectivity index (χ4n) is 6.11. The number of hydrogen-bond donors (Lipinski definition) is 0. The standard InChI is InChI=1S/C38H64O6SSi2/c1-16-32(43-46(12,13)36(4,5)6)38(10,44-47(14,15)37(7,8)9)34-28(3)33(27(2)26-45(39)31-20-18-17-19-21-31)41-35(42-34)29-22-24-30(40-11)25-23-29/h17-25,27-28,32-35H,16,26H2,1-15H3/t27-,28+,32-,33+,34-,35?,38-,45?/m1/s1. The highest BCUT2D eigenvalue weighted by atomic mass is 32.2. The van der Waals surface area contributed by atoms with Gasteiger partial charge in [-0.15, -0.1) is 0 Å². The van der Waals surface area contributed by atoms with Crippen molar-refractivity contribution in [3.05, 3.63) is 60.2 Å². The number of hydrogen-bond acceptors (Lipinski definition) is 6. The average molecular weight is 705 g/mol. The third-order valence-corrected chi connectivity index (χ3v) is 21.7. The lowest BCUT2D eigenvalue weighted by Crippen LogP contribution is -2.66. The van der Waals surface area contributed by atoms with Crippen molar-refractivity contribution in [2.24, 2.45) is 11.8 Å². The molecule has 0 spiro atoms. The van der Waals surface area contributed by atoms with Crippen molar-refractivity contribution in [1.29, 1.82) is 0 Å². The molecule has 1 saturated heterocycles.